The van der Waals surface area contributed by atoms with E-state index in [1.807, 2.05) is 18.4 Å². The lowest BCUT2D eigenvalue weighted by Crippen LogP contribution is -2.04. The minimum absolute atomic E-state index is 0.0577. The van der Waals surface area contributed by atoms with E-state index in [0.717, 1.165) is 11.0 Å². The standard InChI is InChI=1S/C15H14F2OS/c1-19-12-7-5-10(6-8-12)14(18)9-11-3-2-4-13(16)15(11)17/h2-8,14,18H,9H2,1H3. The summed E-state index contributed by atoms with van der Waals surface area (Å²) in [6.45, 7) is 0. The molecule has 19 heavy (non-hydrogen) atoms. The number of hydrogen-bond acceptors (Lipinski definition) is 2. The third kappa shape index (κ3) is 3.33. The first kappa shape index (κ1) is 14.0. The van der Waals surface area contributed by atoms with Crippen LogP contribution in [0.2, 0.25) is 0 Å². The molecule has 1 unspecified atom stereocenters. The van der Waals surface area contributed by atoms with Crippen LogP contribution in [0.1, 0.15) is 17.2 Å². The van der Waals surface area contributed by atoms with Gasteiger partial charge in [0.1, 0.15) is 0 Å². The van der Waals surface area contributed by atoms with E-state index >= 15 is 0 Å². The summed E-state index contributed by atoms with van der Waals surface area (Å²) in [4.78, 5) is 1.09. The molecule has 0 heterocycles. The van der Waals surface area contributed by atoms with E-state index in [4.69, 9.17) is 0 Å². The van der Waals surface area contributed by atoms with Gasteiger partial charge in [0.2, 0.25) is 0 Å². The molecule has 2 rings (SSSR count). The zero-order valence-corrected chi connectivity index (χ0v) is 11.3. The van der Waals surface area contributed by atoms with Crippen molar-refractivity contribution >= 4 is 11.8 Å². The second-order valence-corrected chi connectivity index (χ2v) is 5.09. The molecule has 0 saturated carbocycles. The third-order valence-electron chi connectivity index (χ3n) is 2.95. The van der Waals surface area contributed by atoms with Gasteiger partial charge < -0.3 is 5.11 Å². The largest absolute Gasteiger partial charge is 0.388 e. The molecule has 1 N–H and O–H groups in total. The number of aliphatic hydroxyl groups excluding tert-OH is 1. The number of thioether (sulfide) groups is 1. The lowest BCUT2D eigenvalue weighted by Gasteiger charge is -2.12. The molecule has 0 aromatic heterocycles. The molecule has 2 aromatic carbocycles. The van der Waals surface area contributed by atoms with Crippen LogP contribution in [-0.4, -0.2) is 11.4 Å². The van der Waals surface area contributed by atoms with Crippen LogP contribution in [0.4, 0.5) is 8.78 Å². The number of rotatable bonds is 4. The molecule has 0 aliphatic carbocycles. The van der Waals surface area contributed by atoms with Crippen molar-refractivity contribution in [1.29, 1.82) is 0 Å². The van der Waals surface area contributed by atoms with Gasteiger partial charge in [0, 0.05) is 11.3 Å². The van der Waals surface area contributed by atoms with Gasteiger partial charge in [-0.05, 0) is 35.6 Å². The highest BCUT2D eigenvalue weighted by Gasteiger charge is 2.13. The summed E-state index contributed by atoms with van der Waals surface area (Å²) in [7, 11) is 0. The van der Waals surface area contributed by atoms with E-state index in [1.54, 1.807) is 23.9 Å². The van der Waals surface area contributed by atoms with Crippen LogP contribution in [0.5, 0.6) is 0 Å². The molecule has 0 bridgehead atoms. The highest BCUT2D eigenvalue weighted by molar-refractivity contribution is 7.98. The van der Waals surface area contributed by atoms with Crippen molar-refractivity contribution in [3.05, 3.63) is 65.2 Å². The normalized spacial score (nSPS) is 12.4. The summed E-state index contributed by atoms with van der Waals surface area (Å²) in [5, 5.41) is 10.1. The van der Waals surface area contributed by atoms with Crippen LogP contribution in [0.25, 0.3) is 0 Å². The lowest BCUT2D eigenvalue weighted by atomic mass is 10.0. The SMILES string of the molecule is CSc1ccc(C(O)Cc2cccc(F)c2F)cc1. The smallest absolute Gasteiger partial charge is 0.162 e. The fraction of sp³-hybridized carbons (Fsp3) is 0.200. The van der Waals surface area contributed by atoms with Gasteiger partial charge in [-0.3, -0.25) is 0 Å². The maximum atomic E-state index is 13.5. The van der Waals surface area contributed by atoms with Crippen molar-refractivity contribution in [3.63, 3.8) is 0 Å². The second-order valence-electron chi connectivity index (χ2n) is 4.21. The van der Waals surface area contributed by atoms with Crippen LogP contribution in [0, 0.1) is 11.6 Å². The van der Waals surface area contributed by atoms with Crippen molar-refractivity contribution in [2.75, 3.05) is 6.26 Å². The van der Waals surface area contributed by atoms with Gasteiger partial charge in [0.05, 0.1) is 6.10 Å². The molecule has 0 spiro atoms. The van der Waals surface area contributed by atoms with Crippen LogP contribution in [-0.2, 0) is 6.42 Å². The Labute approximate surface area is 115 Å². The van der Waals surface area contributed by atoms with Gasteiger partial charge >= 0.3 is 0 Å². The molecule has 0 amide bonds. The van der Waals surface area contributed by atoms with E-state index in [1.165, 1.54) is 12.1 Å². The fourth-order valence-electron chi connectivity index (χ4n) is 1.86. The van der Waals surface area contributed by atoms with Crippen molar-refractivity contribution < 1.29 is 13.9 Å². The molecular formula is C15H14F2OS. The van der Waals surface area contributed by atoms with Crippen molar-refractivity contribution in [3.8, 4) is 0 Å². The topological polar surface area (TPSA) is 20.2 Å². The minimum Gasteiger partial charge on any atom is -0.388 e. The molecule has 0 fully saturated rings. The first-order chi connectivity index (χ1) is 9.11. The van der Waals surface area contributed by atoms with Gasteiger partial charge in [-0.15, -0.1) is 11.8 Å². The van der Waals surface area contributed by atoms with E-state index in [2.05, 4.69) is 0 Å². The molecule has 2 aromatic rings. The predicted molar refractivity (Wildman–Crippen MR) is 73.2 cm³/mol. The average molecular weight is 280 g/mol. The van der Waals surface area contributed by atoms with Crippen LogP contribution in [0.3, 0.4) is 0 Å². The summed E-state index contributed by atoms with van der Waals surface area (Å²) in [5.41, 5.74) is 0.878. The summed E-state index contributed by atoms with van der Waals surface area (Å²) < 4.78 is 26.6. The molecule has 1 atom stereocenters. The van der Waals surface area contributed by atoms with Gasteiger partial charge in [-0.1, -0.05) is 24.3 Å². The molecule has 0 saturated heterocycles. The number of aliphatic hydroxyl groups is 1. The number of benzene rings is 2. The van der Waals surface area contributed by atoms with Crippen molar-refractivity contribution in [2.24, 2.45) is 0 Å². The number of halogens is 2. The van der Waals surface area contributed by atoms with Crippen molar-refractivity contribution in [1.82, 2.24) is 0 Å². The van der Waals surface area contributed by atoms with Crippen LogP contribution in [0.15, 0.2) is 47.4 Å². The first-order valence-electron chi connectivity index (χ1n) is 5.86. The molecular weight excluding hydrogens is 266 g/mol. The Morgan fingerprint density at radius 3 is 2.42 bits per heavy atom. The average Bonchev–Trinajstić information content (AvgIpc) is 2.44. The highest BCUT2D eigenvalue weighted by Crippen LogP contribution is 2.23. The summed E-state index contributed by atoms with van der Waals surface area (Å²) >= 11 is 1.61. The number of hydrogen-bond donors (Lipinski definition) is 1. The monoisotopic (exact) mass is 280 g/mol. The third-order valence-corrected chi connectivity index (χ3v) is 3.69. The molecule has 4 heteroatoms. The molecule has 0 radical (unpaired) electrons. The van der Waals surface area contributed by atoms with E-state index in [9.17, 15) is 13.9 Å². The maximum Gasteiger partial charge on any atom is 0.162 e. The Balaban J connectivity index is 2.15. The Hall–Kier alpha value is -1.39. The summed E-state index contributed by atoms with van der Waals surface area (Å²) in [6, 6.07) is 11.4. The van der Waals surface area contributed by atoms with Crippen molar-refractivity contribution in [2.45, 2.75) is 17.4 Å². The van der Waals surface area contributed by atoms with E-state index in [-0.39, 0.29) is 12.0 Å². The molecule has 1 nitrogen and oxygen atoms in total. The Morgan fingerprint density at radius 2 is 1.79 bits per heavy atom. The zero-order chi connectivity index (χ0) is 13.8. The van der Waals surface area contributed by atoms with E-state index in [0.29, 0.717) is 5.56 Å². The Bertz CT molecular complexity index is 555. The summed E-state index contributed by atoms with van der Waals surface area (Å²) in [6.07, 6.45) is 1.18. The molecule has 0 aliphatic rings. The Kier molecular flexibility index (Phi) is 4.56. The maximum absolute atomic E-state index is 13.5. The van der Waals surface area contributed by atoms with Crippen LogP contribution >= 0.6 is 11.8 Å². The fourth-order valence-corrected chi connectivity index (χ4v) is 2.27. The molecule has 100 valence electrons. The van der Waals surface area contributed by atoms with Gasteiger partial charge in [0.15, 0.2) is 11.6 Å². The van der Waals surface area contributed by atoms with Gasteiger partial charge in [0.25, 0.3) is 0 Å². The van der Waals surface area contributed by atoms with E-state index < -0.39 is 17.7 Å². The summed E-state index contributed by atoms with van der Waals surface area (Å²) in [5.74, 6) is -1.77. The lowest BCUT2D eigenvalue weighted by molar-refractivity contribution is 0.176. The molecule has 0 aliphatic heterocycles. The highest BCUT2D eigenvalue weighted by atomic mass is 32.2. The van der Waals surface area contributed by atoms with Gasteiger partial charge in [-0.2, -0.15) is 0 Å². The quantitative estimate of drug-likeness (QED) is 0.855. The van der Waals surface area contributed by atoms with Crippen LogP contribution < -0.4 is 0 Å². The minimum atomic E-state index is -0.887. The Morgan fingerprint density at radius 1 is 1.11 bits per heavy atom. The first-order valence-corrected chi connectivity index (χ1v) is 7.09. The van der Waals surface area contributed by atoms with Gasteiger partial charge in [-0.25, -0.2) is 8.78 Å². The predicted octanol–water partition coefficient (Wildman–Crippen LogP) is 3.96. The zero-order valence-electron chi connectivity index (χ0n) is 10.4. The second kappa shape index (κ2) is 6.17.